The molecule has 0 fully saturated rings. The highest BCUT2D eigenvalue weighted by Crippen LogP contribution is 2.29. The van der Waals surface area contributed by atoms with Crippen molar-refractivity contribution in [3.63, 3.8) is 0 Å². The first kappa shape index (κ1) is 14.1. The molecule has 1 unspecified atom stereocenters. The number of hydrogen-bond acceptors (Lipinski definition) is 4. The van der Waals surface area contributed by atoms with Crippen LogP contribution in [-0.4, -0.2) is 19.9 Å². The second-order valence-corrected chi connectivity index (χ2v) is 5.86. The van der Waals surface area contributed by atoms with Gasteiger partial charge in [0.25, 0.3) is 0 Å². The van der Waals surface area contributed by atoms with Crippen LogP contribution in [0.5, 0.6) is 0 Å². The van der Waals surface area contributed by atoms with Crippen LogP contribution in [0.4, 0.5) is 0 Å². The number of fused-ring (bicyclic) bond motifs is 1. The highest BCUT2D eigenvalue weighted by Gasteiger charge is 2.22. The molecule has 0 saturated heterocycles. The van der Waals surface area contributed by atoms with Crippen LogP contribution in [0, 0.1) is 0 Å². The maximum absolute atomic E-state index is 4.81. The molecule has 1 aliphatic carbocycles. The molecule has 0 aliphatic heterocycles. The van der Waals surface area contributed by atoms with Crippen LogP contribution in [0.3, 0.4) is 0 Å². The lowest BCUT2D eigenvalue weighted by Crippen LogP contribution is -2.26. The maximum atomic E-state index is 4.81. The van der Waals surface area contributed by atoms with Gasteiger partial charge in [-0.15, -0.1) is 0 Å². The molecule has 0 radical (unpaired) electrons. The summed E-state index contributed by atoms with van der Waals surface area (Å²) in [6.45, 7) is 0.782. The normalized spacial score (nSPS) is 17.0. The second-order valence-electron chi connectivity index (χ2n) is 5.86. The monoisotopic (exact) mass is 305 g/mol. The fraction of sp³-hybridized carbons (Fsp3) is 0.278. The maximum Gasteiger partial charge on any atom is 0.159 e. The Morgan fingerprint density at radius 1 is 1.17 bits per heavy atom. The van der Waals surface area contributed by atoms with Gasteiger partial charge in [0.1, 0.15) is 0 Å². The Labute approximate surface area is 135 Å². The van der Waals surface area contributed by atoms with Gasteiger partial charge in [-0.25, -0.2) is 15.0 Å². The minimum atomic E-state index is 0.312. The van der Waals surface area contributed by atoms with Gasteiger partial charge in [0.15, 0.2) is 5.82 Å². The number of hydrogen-bond donors (Lipinski definition) is 2. The summed E-state index contributed by atoms with van der Waals surface area (Å²) in [5.41, 5.74) is 4.57. The van der Waals surface area contributed by atoms with Gasteiger partial charge >= 0.3 is 0 Å². The van der Waals surface area contributed by atoms with Gasteiger partial charge in [0.05, 0.1) is 6.33 Å². The lowest BCUT2D eigenvalue weighted by Gasteiger charge is -2.25. The highest BCUT2D eigenvalue weighted by molar-refractivity contribution is 5.55. The third kappa shape index (κ3) is 3.00. The van der Waals surface area contributed by atoms with Gasteiger partial charge < -0.3 is 10.3 Å². The number of rotatable bonds is 4. The Balaban J connectivity index is 1.56. The SMILES string of the molecule is c1ccc(-c2ncc3c(n2)CCCC3NCc2cnc[nH]2)cc1. The summed E-state index contributed by atoms with van der Waals surface area (Å²) in [5, 5.41) is 3.59. The van der Waals surface area contributed by atoms with E-state index in [1.807, 2.05) is 30.6 Å². The van der Waals surface area contributed by atoms with Crippen molar-refractivity contribution in [1.82, 2.24) is 25.3 Å². The summed E-state index contributed by atoms with van der Waals surface area (Å²) in [5.74, 6) is 0.818. The van der Waals surface area contributed by atoms with Crippen molar-refractivity contribution < 1.29 is 0 Å². The number of imidazole rings is 1. The predicted molar refractivity (Wildman–Crippen MR) is 88.6 cm³/mol. The van der Waals surface area contributed by atoms with Crippen LogP contribution in [0.15, 0.2) is 49.1 Å². The van der Waals surface area contributed by atoms with Crippen molar-refractivity contribution >= 4 is 0 Å². The van der Waals surface area contributed by atoms with Gasteiger partial charge in [-0.05, 0) is 19.3 Å². The zero-order chi connectivity index (χ0) is 15.5. The molecule has 2 N–H and O–H groups in total. The summed E-state index contributed by atoms with van der Waals surface area (Å²) in [7, 11) is 0. The number of benzene rings is 1. The largest absolute Gasteiger partial charge is 0.347 e. The first-order valence-corrected chi connectivity index (χ1v) is 8.02. The molecule has 116 valence electrons. The van der Waals surface area contributed by atoms with E-state index in [2.05, 4.69) is 32.4 Å². The summed E-state index contributed by atoms with van der Waals surface area (Å²) in [6, 6.07) is 10.5. The fourth-order valence-electron chi connectivity index (χ4n) is 3.10. The molecule has 1 aliphatic rings. The Morgan fingerprint density at radius 3 is 2.91 bits per heavy atom. The standard InChI is InChI=1S/C18H19N5/c1-2-5-13(6-3-1)18-21-11-15-16(7-4-8-17(15)23-18)20-10-14-9-19-12-22-14/h1-3,5-6,9,11-12,16,20H,4,7-8,10H2,(H,19,22). The zero-order valence-electron chi connectivity index (χ0n) is 12.9. The van der Waals surface area contributed by atoms with E-state index in [0.29, 0.717) is 6.04 Å². The number of aryl methyl sites for hydroxylation is 1. The third-order valence-corrected chi connectivity index (χ3v) is 4.31. The molecule has 1 atom stereocenters. The fourth-order valence-corrected chi connectivity index (χ4v) is 3.10. The van der Waals surface area contributed by atoms with Crippen LogP contribution in [0.1, 0.15) is 35.8 Å². The molecular formula is C18H19N5. The van der Waals surface area contributed by atoms with E-state index in [9.17, 15) is 0 Å². The van der Waals surface area contributed by atoms with E-state index in [1.54, 1.807) is 6.33 Å². The Morgan fingerprint density at radius 2 is 2.09 bits per heavy atom. The molecule has 5 nitrogen and oxygen atoms in total. The van der Waals surface area contributed by atoms with E-state index in [1.165, 1.54) is 11.3 Å². The second kappa shape index (κ2) is 6.30. The van der Waals surface area contributed by atoms with Gasteiger partial charge in [0, 0.05) is 47.5 Å². The van der Waals surface area contributed by atoms with Crippen molar-refractivity contribution in [2.24, 2.45) is 0 Å². The molecule has 4 rings (SSSR count). The minimum absolute atomic E-state index is 0.312. The van der Waals surface area contributed by atoms with Crippen LogP contribution in [0.25, 0.3) is 11.4 Å². The Hall–Kier alpha value is -2.53. The number of H-pyrrole nitrogens is 1. The van der Waals surface area contributed by atoms with Crippen LogP contribution >= 0.6 is 0 Å². The molecule has 2 heterocycles. The van der Waals surface area contributed by atoms with Gasteiger partial charge in [0.2, 0.25) is 0 Å². The zero-order valence-corrected chi connectivity index (χ0v) is 12.9. The lowest BCUT2D eigenvalue weighted by atomic mass is 9.92. The summed E-state index contributed by atoms with van der Waals surface area (Å²) >= 11 is 0. The molecule has 23 heavy (non-hydrogen) atoms. The quantitative estimate of drug-likeness (QED) is 0.777. The van der Waals surface area contributed by atoms with Crippen molar-refractivity contribution in [2.75, 3.05) is 0 Å². The summed E-state index contributed by atoms with van der Waals surface area (Å²) < 4.78 is 0. The molecule has 5 heteroatoms. The minimum Gasteiger partial charge on any atom is -0.347 e. The molecular weight excluding hydrogens is 286 g/mol. The number of aromatic amines is 1. The van der Waals surface area contributed by atoms with E-state index >= 15 is 0 Å². The molecule has 0 bridgehead atoms. The third-order valence-electron chi connectivity index (χ3n) is 4.31. The summed E-state index contributed by atoms with van der Waals surface area (Å²) in [4.78, 5) is 16.6. The van der Waals surface area contributed by atoms with Crippen LogP contribution < -0.4 is 5.32 Å². The first-order chi connectivity index (χ1) is 11.4. The van der Waals surface area contributed by atoms with Gasteiger partial charge in [-0.1, -0.05) is 30.3 Å². The van der Waals surface area contributed by atoms with E-state index < -0.39 is 0 Å². The molecule has 3 aromatic rings. The van der Waals surface area contributed by atoms with Crippen molar-refractivity contribution in [3.8, 4) is 11.4 Å². The Kier molecular flexibility index (Phi) is 3.86. The summed E-state index contributed by atoms with van der Waals surface area (Å²) in [6.07, 6.45) is 8.86. The topological polar surface area (TPSA) is 66.5 Å². The van der Waals surface area contributed by atoms with Crippen LogP contribution in [0.2, 0.25) is 0 Å². The molecule has 0 amide bonds. The van der Waals surface area contributed by atoms with Crippen molar-refractivity contribution in [3.05, 3.63) is 66.0 Å². The number of aromatic nitrogens is 4. The molecule has 0 saturated carbocycles. The van der Waals surface area contributed by atoms with Crippen molar-refractivity contribution in [2.45, 2.75) is 31.8 Å². The number of nitrogens with one attached hydrogen (secondary N) is 2. The molecule has 1 aromatic carbocycles. The molecule has 0 spiro atoms. The highest BCUT2D eigenvalue weighted by atomic mass is 15.0. The van der Waals surface area contributed by atoms with E-state index in [-0.39, 0.29) is 0 Å². The smallest absolute Gasteiger partial charge is 0.159 e. The average Bonchev–Trinajstić information content (AvgIpc) is 3.14. The Bertz CT molecular complexity index is 767. The van der Waals surface area contributed by atoms with E-state index in [4.69, 9.17) is 4.98 Å². The average molecular weight is 305 g/mol. The molecule has 2 aromatic heterocycles. The van der Waals surface area contributed by atoms with Gasteiger partial charge in [-0.2, -0.15) is 0 Å². The first-order valence-electron chi connectivity index (χ1n) is 8.02. The van der Waals surface area contributed by atoms with Gasteiger partial charge in [-0.3, -0.25) is 0 Å². The van der Waals surface area contributed by atoms with E-state index in [0.717, 1.165) is 42.9 Å². The predicted octanol–water partition coefficient (Wildman–Crippen LogP) is 3.03. The lowest BCUT2D eigenvalue weighted by molar-refractivity contribution is 0.450. The van der Waals surface area contributed by atoms with Crippen molar-refractivity contribution in [1.29, 1.82) is 0 Å². The number of nitrogens with zero attached hydrogens (tertiary/aromatic N) is 3. The van der Waals surface area contributed by atoms with Crippen LogP contribution in [-0.2, 0) is 13.0 Å².